The van der Waals surface area contributed by atoms with Gasteiger partial charge in [-0.15, -0.1) is 0 Å². The van der Waals surface area contributed by atoms with E-state index in [1.807, 2.05) is 0 Å². The van der Waals surface area contributed by atoms with Gasteiger partial charge in [0, 0.05) is 0 Å². The molecule has 0 N–H and O–H groups in total. The van der Waals surface area contributed by atoms with E-state index in [1.54, 1.807) is 11.1 Å². The van der Waals surface area contributed by atoms with Crippen molar-refractivity contribution in [2.24, 2.45) is 5.41 Å². The minimum Gasteiger partial charge on any atom is -0.0738 e. The second-order valence-electron chi connectivity index (χ2n) is 6.19. The summed E-state index contributed by atoms with van der Waals surface area (Å²) < 4.78 is 0. The summed E-state index contributed by atoms with van der Waals surface area (Å²) in [5.74, 6) is 0. The molecule has 18 heavy (non-hydrogen) atoms. The third kappa shape index (κ3) is 3.04. The van der Waals surface area contributed by atoms with Crippen molar-refractivity contribution in [3.05, 3.63) is 47.0 Å². The van der Waals surface area contributed by atoms with Crippen molar-refractivity contribution in [1.29, 1.82) is 0 Å². The lowest BCUT2D eigenvalue weighted by Crippen LogP contribution is -2.23. The molecule has 0 fully saturated rings. The van der Waals surface area contributed by atoms with Gasteiger partial charge in [0.05, 0.1) is 0 Å². The quantitative estimate of drug-likeness (QED) is 0.598. The molecule has 1 aromatic rings. The molecule has 1 aromatic carbocycles. The van der Waals surface area contributed by atoms with Crippen LogP contribution in [0.15, 0.2) is 41.5 Å². The molecule has 1 aliphatic rings. The normalized spacial score (nSPS) is 25.7. The van der Waals surface area contributed by atoms with Crippen molar-refractivity contribution in [2.75, 3.05) is 0 Å². The van der Waals surface area contributed by atoms with Crippen LogP contribution < -0.4 is 0 Å². The van der Waals surface area contributed by atoms with Crippen LogP contribution in [0.3, 0.4) is 0 Å². The van der Waals surface area contributed by atoms with Crippen LogP contribution in [0.1, 0.15) is 58.4 Å². The zero-order valence-electron chi connectivity index (χ0n) is 12.1. The molecule has 0 aliphatic heterocycles. The van der Waals surface area contributed by atoms with Gasteiger partial charge in [0.2, 0.25) is 0 Å². The minimum absolute atomic E-state index is 0.367. The first-order valence-corrected chi connectivity index (χ1v) is 7.32. The Morgan fingerprint density at radius 1 is 1.00 bits per heavy atom. The van der Waals surface area contributed by atoms with E-state index in [0.717, 1.165) is 0 Å². The van der Waals surface area contributed by atoms with Crippen LogP contribution in [-0.2, 0) is 6.42 Å². The smallest absolute Gasteiger partial charge is 0.00762 e. The minimum atomic E-state index is 0.367. The second-order valence-corrected chi connectivity index (χ2v) is 6.19. The van der Waals surface area contributed by atoms with Crippen LogP contribution in [0, 0.1) is 5.41 Å². The third-order valence-corrected chi connectivity index (χ3v) is 4.76. The van der Waals surface area contributed by atoms with E-state index in [4.69, 9.17) is 0 Å². The summed E-state index contributed by atoms with van der Waals surface area (Å²) in [6, 6.07) is 11.0. The molecule has 1 aliphatic carbocycles. The number of allylic oxidation sites excluding steroid dienone is 2. The maximum atomic E-state index is 2.46. The molecule has 0 nitrogen and oxygen atoms in total. The lowest BCUT2D eigenvalue weighted by Gasteiger charge is -2.34. The van der Waals surface area contributed by atoms with Crippen molar-refractivity contribution in [2.45, 2.75) is 59.3 Å². The van der Waals surface area contributed by atoms with Crippen LogP contribution in [0.25, 0.3) is 0 Å². The fourth-order valence-electron chi connectivity index (χ4n) is 3.24. The monoisotopic (exact) mass is 242 g/mol. The van der Waals surface area contributed by atoms with E-state index in [0.29, 0.717) is 5.41 Å². The van der Waals surface area contributed by atoms with Crippen LogP contribution in [0.4, 0.5) is 0 Å². The number of benzene rings is 1. The van der Waals surface area contributed by atoms with Crippen LogP contribution >= 0.6 is 0 Å². The average Bonchev–Trinajstić information content (AvgIpc) is 2.37. The fourth-order valence-corrected chi connectivity index (χ4v) is 3.24. The first-order valence-electron chi connectivity index (χ1n) is 7.32. The van der Waals surface area contributed by atoms with Gasteiger partial charge in [0.1, 0.15) is 0 Å². The maximum absolute atomic E-state index is 2.46. The molecule has 0 bridgehead atoms. The molecular weight excluding hydrogens is 216 g/mol. The van der Waals surface area contributed by atoms with Gasteiger partial charge in [0.25, 0.3) is 0 Å². The topological polar surface area (TPSA) is 0 Å². The summed E-state index contributed by atoms with van der Waals surface area (Å²) in [7, 11) is 0. The molecule has 0 aromatic heterocycles. The van der Waals surface area contributed by atoms with Gasteiger partial charge in [-0.05, 0) is 50.5 Å². The van der Waals surface area contributed by atoms with E-state index in [1.165, 1.54) is 44.1 Å². The number of hydrogen-bond acceptors (Lipinski definition) is 0. The number of hydrogen-bond donors (Lipinski definition) is 0. The molecule has 0 saturated carbocycles. The molecule has 1 unspecified atom stereocenters. The highest BCUT2D eigenvalue weighted by Gasteiger charge is 2.28. The fraction of sp³-hybridized carbons (Fsp3) is 0.556. The molecule has 98 valence electrons. The molecule has 0 saturated heterocycles. The molecule has 0 heteroatoms. The maximum Gasteiger partial charge on any atom is -0.00762 e. The Kier molecular flexibility index (Phi) is 4.27. The summed E-state index contributed by atoms with van der Waals surface area (Å²) in [6.45, 7) is 7.16. The van der Waals surface area contributed by atoms with Crippen molar-refractivity contribution in [1.82, 2.24) is 0 Å². The molecule has 1 atom stereocenters. The van der Waals surface area contributed by atoms with Crippen molar-refractivity contribution >= 4 is 0 Å². The summed E-state index contributed by atoms with van der Waals surface area (Å²) >= 11 is 0. The molecule has 2 rings (SSSR count). The van der Waals surface area contributed by atoms with Crippen LogP contribution in [0.5, 0.6) is 0 Å². The first-order chi connectivity index (χ1) is 8.62. The highest BCUT2D eigenvalue weighted by Crippen LogP contribution is 2.40. The predicted molar refractivity (Wildman–Crippen MR) is 79.7 cm³/mol. The molecule has 0 amide bonds. The zero-order valence-corrected chi connectivity index (χ0v) is 12.1. The van der Waals surface area contributed by atoms with Crippen LogP contribution in [0.2, 0.25) is 0 Å². The van der Waals surface area contributed by atoms with E-state index in [2.05, 4.69) is 51.1 Å². The first kappa shape index (κ1) is 13.4. The summed E-state index contributed by atoms with van der Waals surface area (Å²) in [5.41, 5.74) is 5.12. The average molecular weight is 242 g/mol. The lowest BCUT2D eigenvalue weighted by atomic mass is 9.70. The van der Waals surface area contributed by atoms with E-state index in [-0.39, 0.29) is 0 Å². The zero-order chi connectivity index (χ0) is 13.0. The SMILES string of the molecule is CC1=C(C)C(C)(Cc2ccccc2)CCCCC1. The summed E-state index contributed by atoms with van der Waals surface area (Å²) in [4.78, 5) is 0. The van der Waals surface area contributed by atoms with Gasteiger partial charge in [-0.1, -0.05) is 61.2 Å². The Hall–Kier alpha value is -1.04. The van der Waals surface area contributed by atoms with Gasteiger partial charge >= 0.3 is 0 Å². The van der Waals surface area contributed by atoms with Gasteiger partial charge in [-0.2, -0.15) is 0 Å². The number of rotatable bonds is 2. The molecule has 0 heterocycles. The van der Waals surface area contributed by atoms with Gasteiger partial charge in [-0.25, -0.2) is 0 Å². The second kappa shape index (κ2) is 5.73. The van der Waals surface area contributed by atoms with Crippen molar-refractivity contribution in [3.8, 4) is 0 Å². The van der Waals surface area contributed by atoms with Gasteiger partial charge < -0.3 is 0 Å². The lowest BCUT2D eigenvalue weighted by molar-refractivity contribution is 0.332. The summed E-state index contributed by atoms with van der Waals surface area (Å²) in [5, 5.41) is 0. The molecule has 0 radical (unpaired) electrons. The Labute approximate surface area is 112 Å². The summed E-state index contributed by atoms with van der Waals surface area (Å²) in [6.07, 6.45) is 7.99. The van der Waals surface area contributed by atoms with E-state index in [9.17, 15) is 0 Å². The standard InChI is InChI=1S/C18H26/c1-15-10-6-5-9-13-18(3,16(15)2)14-17-11-7-4-8-12-17/h4,7-8,11-12H,5-6,9-10,13-14H2,1-3H3. The predicted octanol–water partition coefficient (Wildman–Crippen LogP) is 5.54. The largest absolute Gasteiger partial charge is 0.0738 e. The Morgan fingerprint density at radius 3 is 2.44 bits per heavy atom. The Balaban J connectivity index is 2.25. The molecular formula is C18H26. The molecule has 0 spiro atoms. The van der Waals surface area contributed by atoms with Crippen LogP contribution in [-0.4, -0.2) is 0 Å². The Bertz CT molecular complexity index is 413. The van der Waals surface area contributed by atoms with Gasteiger partial charge in [-0.3, -0.25) is 0 Å². The Morgan fingerprint density at radius 2 is 1.72 bits per heavy atom. The highest BCUT2D eigenvalue weighted by molar-refractivity contribution is 5.25. The third-order valence-electron chi connectivity index (χ3n) is 4.76. The van der Waals surface area contributed by atoms with E-state index < -0.39 is 0 Å². The van der Waals surface area contributed by atoms with Crippen molar-refractivity contribution < 1.29 is 0 Å². The van der Waals surface area contributed by atoms with Gasteiger partial charge in [0.15, 0.2) is 0 Å². The van der Waals surface area contributed by atoms with Crippen molar-refractivity contribution in [3.63, 3.8) is 0 Å². The highest BCUT2D eigenvalue weighted by atomic mass is 14.3. The van der Waals surface area contributed by atoms with E-state index >= 15 is 0 Å².